The van der Waals surface area contributed by atoms with Gasteiger partial charge in [-0.3, -0.25) is 5.10 Å². The van der Waals surface area contributed by atoms with Crippen LogP contribution in [0, 0.1) is 6.92 Å². The number of rotatable bonds is 2. The van der Waals surface area contributed by atoms with Crippen molar-refractivity contribution in [1.82, 2.24) is 10.2 Å². The van der Waals surface area contributed by atoms with Crippen LogP contribution in [0.2, 0.25) is 0 Å². The van der Waals surface area contributed by atoms with E-state index in [1.165, 1.54) is 5.56 Å². The Labute approximate surface area is 120 Å². The number of H-pyrrole nitrogens is 1. The number of halogens is 1. The van der Waals surface area contributed by atoms with Crippen molar-refractivity contribution < 1.29 is 0 Å². The molecule has 0 aliphatic carbocycles. The third kappa shape index (κ3) is 2.47. The Balaban J connectivity index is 2.03. The minimum atomic E-state index is 0.967. The van der Waals surface area contributed by atoms with E-state index >= 15 is 0 Å². The van der Waals surface area contributed by atoms with Gasteiger partial charge in [-0.2, -0.15) is 5.10 Å². The van der Waals surface area contributed by atoms with E-state index in [1.807, 2.05) is 18.2 Å². The lowest BCUT2D eigenvalue weighted by Crippen LogP contribution is -1.79. The molecule has 94 valence electrons. The SMILES string of the molecule is Cc1cccc(-c2cc(-c3ccccc3Br)[nH]n2)c1. The molecule has 0 amide bonds. The van der Waals surface area contributed by atoms with Crippen molar-refractivity contribution in [2.75, 3.05) is 0 Å². The summed E-state index contributed by atoms with van der Waals surface area (Å²) in [6.45, 7) is 2.09. The third-order valence-corrected chi connectivity index (χ3v) is 3.75. The van der Waals surface area contributed by atoms with Gasteiger partial charge in [0, 0.05) is 15.6 Å². The molecule has 2 nitrogen and oxygen atoms in total. The van der Waals surface area contributed by atoms with Crippen LogP contribution in [0.5, 0.6) is 0 Å². The molecule has 0 bridgehead atoms. The number of aromatic nitrogens is 2. The molecule has 0 aliphatic heterocycles. The Morgan fingerprint density at radius 3 is 2.63 bits per heavy atom. The molecule has 0 unspecified atom stereocenters. The summed E-state index contributed by atoms with van der Waals surface area (Å²) in [6, 6.07) is 18.6. The van der Waals surface area contributed by atoms with Crippen molar-refractivity contribution in [3.63, 3.8) is 0 Å². The van der Waals surface area contributed by atoms with Gasteiger partial charge in [-0.1, -0.05) is 57.9 Å². The highest BCUT2D eigenvalue weighted by molar-refractivity contribution is 9.10. The van der Waals surface area contributed by atoms with Crippen LogP contribution >= 0.6 is 15.9 Å². The summed E-state index contributed by atoms with van der Waals surface area (Å²) < 4.78 is 1.06. The predicted octanol–water partition coefficient (Wildman–Crippen LogP) is 4.81. The molecular weight excluding hydrogens is 300 g/mol. The van der Waals surface area contributed by atoms with E-state index in [0.29, 0.717) is 0 Å². The first-order valence-electron chi connectivity index (χ1n) is 6.11. The molecule has 3 aromatic rings. The zero-order valence-corrected chi connectivity index (χ0v) is 12.1. The molecule has 1 heterocycles. The van der Waals surface area contributed by atoms with E-state index in [1.54, 1.807) is 0 Å². The fraction of sp³-hybridized carbons (Fsp3) is 0.0625. The Morgan fingerprint density at radius 2 is 1.84 bits per heavy atom. The Bertz CT molecular complexity index is 716. The predicted molar refractivity (Wildman–Crippen MR) is 81.9 cm³/mol. The highest BCUT2D eigenvalue weighted by atomic mass is 79.9. The van der Waals surface area contributed by atoms with Gasteiger partial charge in [0.15, 0.2) is 0 Å². The van der Waals surface area contributed by atoms with E-state index in [4.69, 9.17) is 0 Å². The second kappa shape index (κ2) is 5.02. The maximum absolute atomic E-state index is 4.40. The summed E-state index contributed by atoms with van der Waals surface area (Å²) >= 11 is 3.56. The number of nitrogens with zero attached hydrogens (tertiary/aromatic N) is 1. The van der Waals surface area contributed by atoms with Crippen LogP contribution < -0.4 is 0 Å². The molecule has 1 N–H and O–H groups in total. The zero-order chi connectivity index (χ0) is 13.2. The number of benzene rings is 2. The maximum atomic E-state index is 4.40. The van der Waals surface area contributed by atoms with Gasteiger partial charge in [-0.05, 0) is 25.1 Å². The van der Waals surface area contributed by atoms with E-state index in [2.05, 4.69) is 69.4 Å². The lowest BCUT2D eigenvalue weighted by molar-refractivity contribution is 1.10. The standard InChI is InChI=1S/C16H13BrN2/c1-11-5-4-6-12(9-11)15-10-16(19-18-15)13-7-2-3-8-14(13)17/h2-10H,1H3,(H,18,19). The first-order chi connectivity index (χ1) is 9.24. The van der Waals surface area contributed by atoms with Crippen LogP contribution in [-0.2, 0) is 0 Å². The van der Waals surface area contributed by atoms with Gasteiger partial charge in [0.2, 0.25) is 0 Å². The van der Waals surface area contributed by atoms with Gasteiger partial charge in [0.1, 0.15) is 0 Å². The monoisotopic (exact) mass is 312 g/mol. The third-order valence-electron chi connectivity index (χ3n) is 3.06. The topological polar surface area (TPSA) is 28.7 Å². The van der Waals surface area contributed by atoms with Crippen molar-refractivity contribution in [1.29, 1.82) is 0 Å². The smallest absolute Gasteiger partial charge is 0.0927 e. The van der Waals surface area contributed by atoms with Gasteiger partial charge in [0.05, 0.1) is 11.4 Å². The summed E-state index contributed by atoms with van der Waals surface area (Å²) in [5.74, 6) is 0. The average Bonchev–Trinajstić information content (AvgIpc) is 2.89. The van der Waals surface area contributed by atoms with Crippen molar-refractivity contribution >= 4 is 15.9 Å². The van der Waals surface area contributed by atoms with E-state index in [9.17, 15) is 0 Å². The molecule has 0 spiro atoms. The van der Waals surface area contributed by atoms with Gasteiger partial charge < -0.3 is 0 Å². The van der Waals surface area contributed by atoms with E-state index in [-0.39, 0.29) is 0 Å². The van der Waals surface area contributed by atoms with Crippen LogP contribution in [0.25, 0.3) is 22.5 Å². The molecule has 0 fully saturated rings. The maximum Gasteiger partial charge on any atom is 0.0927 e. The summed E-state index contributed by atoms with van der Waals surface area (Å²) in [4.78, 5) is 0. The summed E-state index contributed by atoms with van der Waals surface area (Å²) in [5.41, 5.74) is 5.48. The quantitative estimate of drug-likeness (QED) is 0.722. The van der Waals surface area contributed by atoms with Crippen LogP contribution in [-0.4, -0.2) is 10.2 Å². The molecule has 0 radical (unpaired) electrons. The zero-order valence-electron chi connectivity index (χ0n) is 10.5. The lowest BCUT2D eigenvalue weighted by atomic mass is 10.1. The molecule has 3 rings (SSSR count). The average molecular weight is 313 g/mol. The van der Waals surface area contributed by atoms with Gasteiger partial charge in [-0.15, -0.1) is 0 Å². The highest BCUT2D eigenvalue weighted by Gasteiger charge is 2.08. The van der Waals surface area contributed by atoms with Crippen LogP contribution in [0.4, 0.5) is 0 Å². The highest BCUT2D eigenvalue weighted by Crippen LogP contribution is 2.29. The molecule has 1 aromatic heterocycles. The summed E-state index contributed by atoms with van der Waals surface area (Å²) in [6.07, 6.45) is 0. The van der Waals surface area contributed by atoms with E-state index < -0.39 is 0 Å². The number of hydrogen-bond acceptors (Lipinski definition) is 1. The Hall–Kier alpha value is -1.87. The minimum absolute atomic E-state index is 0.967. The number of aromatic amines is 1. The molecule has 2 aromatic carbocycles. The molecule has 19 heavy (non-hydrogen) atoms. The molecular formula is C16H13BrN2. The number of aryl methyl sites for hydroxylation is 1. The summed E-state index contributed by atoms with van der Waals surface area (Å²) in [7, 11) is 0. The molecule has 0 saturated carbocycles. The van der Waals surface area contributed by atoms with Crippen molar-refractivity contribution in [3.05, 3.63) is 64.6 Å². The van der Waals surface area contributed by atoms with Crippen LogP contribution in [0.3, 0.4) is 0 Å². The summed E-state index contributed by atoms with van der Waals surface area (Å²) in [5, 5.41) is 7.50. The number of hydrogen-bond donors (Lipinski definition) is 1. The second-order valence-electron chi connectivity index (χ2n) is 4.52. The van der Waals surface area contributed by atoms with Crippen LogP contribution in [0.15, 0.2) is 59.1 Å². The first kappa shape index (κ1) is 12.2. The number of nitrogens with one attached hydrogen (secondary N) is 1. The minimum Gasteiger partial charge on any atom is -0.277 e. The van der Waals surface area contributed by atoms with Crippen LogP contribution in [0.1, 0.15) is 5.56 Å². The molecule has 3 heteroatoms. The Kier molecular flexibility index (Phi) is 3.22. The molecule has 0 saturated heterocycles. The molecule has 0 aliphatic rings. The van der Waals surface area contributed by atoms with Gasteiger partial charge >= 0.3 is 0 Å². The fourth-order valence-corrected chi connectivity index (χ4v) is 2.59. The largest absolute Gasteiger partial charge is 0.277 e. The van der Waals surface area contributed by atoms with E-state index in [0.717, 1.165) is 27.0 Å². The normalized spacial score (nSPS) is 10.6. The second-order valence-corrected chi connectivity index (χ2v) is 5.37. The Morgan fingerprint density at radius 1 is 1.00 bits per heavy atom. The lowest BCUT2D eigenvalue weighted by Gasteiger charge is -1.99. The van der Waals surface area contributed by atoms with Crippen molar-refractivity contribution in [2.45, 2.75) is 6.92 Å². The molecule has 0 atom stereocenters. The van der Waals surface area contributed by atoms with Gasteiger partial charge in [-0.25, -0.2) is 0 Å². The van der Waals surface area contributed by atoms with Gasteiger partial charge in [0.25, 0.3) is 0 Å². The van der Waals surface area contributed by atoms with Crippen molar-refractivity contribution in [2.24, 2.45) is 0 Å². The fourth-order valence-electron chi connectivity index (χ4n) is 2.09. The first-order valence-corrected chi connectivity index (χ1v) is 6.91. The van der Waals surface area contributed by atoms with Crippen molar-refractivity contribution in [3.8, 4) is 22.5 Å².